The van der Waals surface area contributed by atoms with E-state index in [-0.39, 0.29) is 13.2 Å². The van der Waals surface area contributed by atoms with Crippen LogP contribution < -0.4 is 0 Å². The van der Waals surface area contributed by atoms with Crippen LogP contribution in [0.4, 0.5) is 0 Å². The molecule has 1 fully saturated rings. The molecule has 0 aromatic rings. The number of allylic oxidation sites excluding steroid dienone is 1. The Morgan fingerprint density at radius 2 is 2.00 bits per heavy atom. The van der Waals surface area contributed by atoms with E-state index in [0.29, 0.717) is 6.61 Å². The summed E-state index contributed by atoms with van der Waals surface area (Å²) in [5.74, 6) is 0. The van der Waals surface area contributed by atoms with E-state index in [1.54, 1.807) is 0 Å². The highest BCUT2D eigenvalue weighted by atomic mass is 16.5. The quantitative estimate of drug-likeness (QED) is 0.402. The van der Waals surface area contributed by atoms with Crippen molar-refractivity contribution in [3.8, 4) is 0 Å². The van der Waals surface area contributed by atoms with Crippen molar-refractivity contribution >= 4 is 0 Å². The Labute approximate surface area is 114 Å². The lowest BCUT2D eigenvalue weighted by Gasteiger charge is -2.20. The van der Waals surface area contributed by atoms with Gasteiger partial charge < -0.3 is 24.8 Å². The summed E-state index contributed by atoms with van der Waals surface area (Å²) < 4.78 is 10.5. The minimum Gasteiger partial charge on any atom is -0.388 e. The van der Waals surface area contributed by atoms with Gasteiger partial charge >= 0.3 is 0 Å². The standard InChI is InChI=1S/C14H26O5/c1-2-3-4-5-6-7-8-18-9-12(16)14-13(17)11(15)10-19-14/h2,11-17H,1,3-10H2/t11-,12+,13+,14+/m1/s1. The van der Waals surface area contributed by atoms with E-state index in [0.717, 1.165) is 32.1 Å². The molecule has 1 aliphatic rings. The van der Waals surface area contributed by atoms with Crippen molar-refractivity contribution in [2.24, 2.45) is 0 Å². The molecular formula is C14H26O5. The molecule has 4 atom stereocenters. The lowest BCUT2D eigenvalue weighted by Crippen LogP contribution is -2.40. The molecule has 0 unspecified atom stereocenters. The highest BCUT2D eigenvalue weighted by molar-refractivity contribution is 4.87. The van der Waals surface area contributed by atoms with E-state index in [9.17, 15) is 15.3 Å². The summed E-state index contributed by atoms with van der Waals surface area (Å²) in [5, 5.41) is 28.6. The Kier molecular flexibility index (Phi) is 8.25. The number of hydrogen-bond donors (Lipinski definition) is 3. The van der Waals surface area contributed by atoms with Crippen LogP contribution in [0.15, 0.2) is 12.7 Å². The third kappa shape index (κ3) is 6.01. The maximum Gasteiger partial charge on any atom is 0.114 e. The topological polar surface area (TPSA) is 79.2 Å². The van der Waals surface area contributed by atoms with Gasteiger partial charge in [-0.3, -0.25) is 0 Å². The van der Waals surface area contributed by atoms with Gasteiger partial charge in [-0.15, -0.1) is 6.58 Å². The van der Waals surface area contributed by atoms with Gasteiger partial charge in [-0.2, -0.15) is 0 Å². The molecule has 3 N–H and O–H groups in total. The Morgan fingerprint density at radius 1 is 1.26 bits per heavy atom. The average Bonchev–Trinajstić information content (AvgIpc) is 2.73. The second kappa shape index (κ2) is 9.44. The predicted molar refractivity (Wildman–Crippen MR) is 71.9 cm³/mol. The summed E-state index contributed by atoms with van der Waals surface area (Å²) >= 11 is 0. The molecule has 19 heavy (non-hydrogen) atoms. The molecule has 112 valence electrons. The summed E-state index contributed by atoms with van der Waals surface area (Å²) in [4.78, 5) is 0. The van der Waals surface area contributed by atoms with Crippen molar-refractivity contribution in [2.45, 2.75) is 56.5 Å². The fourth-order valence-electron chi connectivity index (χ4n) is 2.11. The third-order valence-electron chi connectivity index (χ3n) is 3.31. The van der Waals surface area contributed by atoms with E-state index in [1.807, 2.05) is 6.08 Å². The third-order valence-corrected chi connectivity index (χ3v) is 3.31. The number of aliphatic hydroxyl groups excluding tert-OH is 3. The monoisotopic (exact) mass is 274 g/mol. The van der Waals surface area contributed by atoms with Gasteiger partial charge in [0, 0.05) is 6.61 Å². The predicted octanol–water partition coefficient (Wildman–Crippen LogP) is 0.621. The normalized spacial score (nSPS) is 28.5. The van der Waals surface area contributed by atoms with Gasteiger partial charge in [0.2, 0.25) is 0 Å². The number of hydrogen-bond acceptors (Lipinski definition) is 5. The van der Waals surface area contributed by atoms with Crippen LogP contribution in [0.1, 0.15) is 32.1 Å². The second-order valence-corrected chi connectivity index (χ2v) is 4.99. The fourth-order valence-corrected chi connectivity index (χ4v) is 2.11. The van der Waals surface area contributed by atoms with Crippen LogP contribution in [-0.2, 0) is 9.47 Å². The molecule has 1 rings (SSSR count). The van der Waals surface area contributed by atoms with E-state index in [1.165, 1.54) is 0 Å². The molecular weight excluding hydrogens is 248 g/mol. The molecule has 1 heterocycles. The zero-order valence-corrected chi connectivity index (χ0v) is 11.4. The lowest BCUT2D eigenvalue weighted by molar-refractivity contribution is -0.0813. The van der Waals surface area contributed by atoms with Crippen LogP contribution in [0.25, 0.3) is 0 Å². The summed E-state index contributed by atoms with van der Waals surface area (Å²) in [7, 11) is 0. The number of aliphatic hydroxyl groups is 3. The lowest BCUT2D eigenvalue weighted by atomic mass is 10.1. The summed E-state index contributed by atoms with van der Waals surface area (Å²) in [6.45, 7) is 4.46. The Hall–Kier alpha value is -0.460. The number of ether oxygens (including phenoxy) is 2. The van der Waals surface area contributed by atoms with Crippen molar-refractivity contribution in [2.75, 3.05) is 19.8 Å². The van der Waals surface area contributed by atoms with E-state index in [2.05, 4.69) is 6.58 Å². The average molecular weight is 274 g/mol. The molecule has 1 aliphatic heterocycles. The molecule has 0 amide bonds. The number of unbranched alkanes of at least 4 members (excludes halogenated alkanes) is 4. The molecule has 0 saturated carbocycles. The Morgan fingerprint density at radius 3 is 2.63 bits per heavy atom. The van der Waals surface area contributed by atoms with Gasteiger partial charge in [0.25, 0.3) is 0 Å². The molecule has 5 heteroatoms. The van der Waals surface area contributed by atoms with Gasteiger partial charge in [-0.1, -0.05) is 18.9 Å². The van der Waals surface area contributed by atoms with Crippen LogP contribution in [0.2, 0.25) is 0 Å². The molecule has 0 aromatic heterocycles. The van der Waals surface area contributed by atoms with E-state index in [4.69, 9.17) is 9.47 Å². The van der Waals surface area contributed by atoms with Gasteiger partial charge in [0.05, 0.1) is 13.2 Å². The van der Waals surface area contributed by atoms with Crippen LogP contribution >= 0.6 is 0 Å². The summed E-state index contributed by atoms with van der Waals surface area (Å²) in [6, 6.07) is 0. The van der Waals surface area contributed by atoms with Crippen molar-refractivity contribution in [3.63, 3.8) is 0 Å². The molecule has 5 nitrogen and oxygen atoms in total. The van der Waals surface area contributed by atoms with Gasteiger partial charge in [0.15, 0.2) is 0 Å². The molecule has 0 bridgehead atoms. The molecule has 1 saturated heterocycles. The van der Waals surface area contributed by atoms with Gasteiger partial charge in [-0.25, -0.2) is 0 Å². The minimum absolute atomic E-state index is 0.0617. The second-order valence-electron chi connectivity index (χ2n) is 4.99. The van der Waals surface area contributed by atoms with Crippen molar-refractivity contribution in [3.05, 3.63) is 12.7 Å². The zero-order valence-electron chi connectivity index (χ0n) is 11.4. The maximum absolute atomic E-state index is 9.78. The van der Waals surface area contributed by atoms with Crippen LogP contribution in [0.5, 0.6) is 0 Å². The molecule has 0 radical (unpaired) electrons. The van der Waals surface area contributed by atoms with Crippen LogP contribution in [0.3, 0.4) is 0 Å². The number of rotatable bonds is 10. The smallest absolute Gasteiger partial charge is 0.114 e. The van der Waals surface area contributed by atoms with Crippen LogP contribution in [-0.4, -0.2) is 59.6 Å². The summed E-state index contributed by atoms with van der Waals surface area (Å²) in [6.07, 6.45) is 3.77. The largest absolute Gasteiger partial charge is 0.388 e. The van der Waals surface area contributed by atoms with Crippen molar-refractivity contribution in [1.82, 2.24) is 0 Å². The van der Waals surface area contributed by atoms with E-state index >= 15 is 0 Å². The Bertz CT molecular complexity index is 246. The van der Waals surface area contributed by atoms with Crippen LogP contribution in [0, 0.1) is 0 Å². The first kappa shape index (κ1) is 16.6. The first-order chi connectivity index (χ1) is 9.16. The SMILES string of the molecule is C=CCCCCCCOC[C@H](O)[C@@H]1OC[C@@H](O)[C@@H]1O. The summed E-state index contributed by atoms with van der Waals surface area (Å²) in [5.41, 5.74) is 0. The van der Waals surface area contributed by atoms with Gasteiger partial charge in [-0.05, 0) is 19.3 Å². The van der Waals surface area contributed by atoms with Gasteiger partial charge in [0.1, 0.15) is 24.4 Å². The zero-order chi connectivity index (χ0) is 14.1. The first-order valence-electron chi connectivity index (χ1n) is 7.01. The maximum atomic E-state index is 9.78. The minimum atomic E-state index is -1.03. The molecule has 0 aromatic carbocycles. The first-order valence-corrected chi connectivity index (χ1v) is 7.01. The Balaban J connectivity index is 1.98. The fraction of sp³-hybridized carbons (Fsp3) is 0.857. The van der Waals surface area contributed by atoms with E-state index < -0.39 is 24.4 Å². The van der Waals surface area contributed by atoms with Crippen molar-refractivity contribution in [1.29, 1.82) is 0 Å². The van der Waals surface area contributed by atoms with Crippen molar-refractivity contribution < 1.29 is 24.8 Å². The highest BCUT2D eigenvalue weighted by Gasteiger charge is 2.39. The molecule has 0 spiro atoms. The highest BCUT2D eigenvalue weighted by Crippen LogP contribution is 2.17. The molecule has 0 aliphatic carbocycles.